The number of hydrogen-bond donors (Lipinski definition) is 1. The third-order valence-corrected chi connectivity index (χ3v) is 4.88. The zero-order valence-corrected chi connectivity index (χ0v) is 17.3. The Bertz CT molecular complexity index is 1080. The second-order valence-electron chi connectivity index (χ2n) is 7.60. The molecule has 0 aliphatic carbocycles. The molecule has 0 radical (unpaired) electrons. The Hall–Kier alpha value is -2.96. The smallest absolute Gasteiger partial charge is 0.278 e. The molecule has 1 aromatic carbocycles. The monoisotopic (exact) mass is 381 g/mol. The number of benzene rings is 1. The van der Waals surface area contributed by atoms with Crippen molar-refractivity contribution in [2.45, 2.75) is 60.2 Å². The highest BCUT2D eigenvalue weighted by Gasteiger charge is 2.20. The van der Waals surface area contributed by atoms with Gasteiger partial charge in [0.25, 0.3) is 5.56 Å². The average Bonchev–Trinajstić information content (AvgIpc) is 2.98. The molecular weight excluding hydrogens is 354 g/mol. The predicted octanol–water partition coefficient (Wildman–Crippen LogP) is 2.98. The molecule has 7 heteroatoms. The van der Waals surface area contributed by atoms with Crippen molar-refractivity contribution in [3.05, 3.63) is 57.1 Å². The van der Waals surface area contributed by atoms with Gasteiger partial charge in [0.05, 0.1) is 28.3 Å². The van der Waals surface area contributed by atoms with Crippen LogP contribution in [-0.2, 0) is 11.3 Å². The first kappa shape index (κ1) is 19.8. The maximum absolute atomic E-state index is 12.9. The van der Waals surface area contributed by atoms with E-state index in [1.807, 2.05) is 70.5 Å². The zero-order valence-electron chi connectivity index (χ0n) is 17.3. The fraction of sp³-hybridized carbons (Fsp3) is 0.429. The first-order valence-corrected chi connectivity index (χ1v) is 9.51. The molecule has 0 spiro atoms. The summed E-state index contributed by atoms with van der Waals surface area (Å²) in [7, 11) is 0. The van der Waals surface area contributed by atoms with Gasteiger partial charge in [-0.2, -0.15) is 10.2 Å². The number of hydrogen-bond acceptors (Lipinski definition) is 4. The number of aromatic nitrogens is 4. The molecule has 1 N–H and O–H groups in total. The zero-order chi connectivity index (χ0) is 20.6. The molecule has 1 atom stereocenters. The van der Waals surface area contributed by atoms with Crippen LogP contribution in [0.5, 0.6) is 0 Å². The van der Waals surface area contributed by atoms with Crippen LogP contribution in [0.2, 0.25) is 0 Å². The van der Waals surface area contributed by atoms with E-state index in [0.717, 1.165) is 11.1 Å². The van der Waals surface area contributed by atoms with Crippen molar-refractivity contribution in [2.75, 3.05) is 0 Å². The molecule has 0 aliphatic rings. The number of carbonyl (C=O) groups is 1. The van der Waals surface area contributed by atoms with Crippen LogP contribution >= 0.6 is 0 Å². The molecule has 0 fully saturated rings. The highest BCUT2D eigenvalue weighted by atomic mass is 16.2. The first-order chi connectivity index (χ1) is 13.2. The van der Waals surface area contributed by atoms with Crippen molar-refractivity contribution in [1.82, 2.24) is 24.9 Å². The second-order valence-corrected chi connectivity index (χ2v) is 7.60. The van der Waals surface area contributed by atoms with Gasteiger partial charge in [-0.1, -0.05) is 29.8 Å². The number of amides is 1. The number of nitrogens with one attached hydrogen (secondary N) is 1. The number of carbonyl (C=O) groups excluding carboxylic acids is 1. The number of rotatable bonds is 5. The van der Waals surface area contributed by atoms with Gasteiger partial charge >= 0.3 is 0 Å². The van der Waals surface area contributed by atoms with Gasteiger partial charge in [-0.15, -0.1) is 0 Å². The van der Waals surface area contributed by atoms with Crippen LogP contribution in [0.4, 0.5) is 0 Å². The van der Waals surface area contributed by atoms with E-state index in [2.05, 4.69) is 15.5 Å². The van der Waals surface area contributed by atoms with E-state index in [1.54, 1.807) is 0 Å². The summed E-state index contributed by atoms with van der Waals surface area (Å²) in [6.07, 6.45) is 0. The largest absolute Gasteiger partial charge is 0.348 e. The van der Waals surface area contributed by atoms with Crippen molar-refractivity contribution in [3.8, 4) is 0 Å². The summed E-state index contributed by atoms with van der Waals surface area (Å²) < 4.78 is 3.05. The lowest BCUT2D eigenvalue weighted by atomic mass is 10.1. The summed E-state index contributed by atoms with van der Waals surface area (Å²) in [5, 5.41) is 12.3. The quantitative estimate of drug-likeness (QED) is 0.737. The summed E-state index contributed by atoms with van der Waals surface area (Å²) in [5.74, 6) is -0.254. The maximum Gasteiger partial charge on any atom is 0.278 e. The fourth-order valence-corrected chi connectivity index (χ4v) is 3.40. The summed E-state index contributed by atoms with van der Waals surface area (Å²) in [5.41, 5.74) is 3.97. The van der Waals surface area contributed by atoms with Gasteiger partial charge in [-0.05, 0) is 47.1 Å². The Morgan fingerprint density at radius 2 is 1.68 bits per heavy atom. The number of aryl methyl sites for hydroxylation is 3. The molecule has 3 rings (SSSR count). The van der Waals surface area contributed by atoms with E-state index in [4.69, 9.17) is 0 Å². The minimum absolute atomic E-state index is 0.116. The van der Waals surface area contributed by atoms with Crippen LogP contribution in [0, 0.1) is 20.8 Å². The van der Waals surface area contributed by atoms with E-state index in [9.17, 15) is 9.59 Å². The van der Waals surface area contributed by atoms with Crippen LogP contribution in [-0.4, -0.2) is 25.5 Å². The summed E-state index contributed by atoms with van der Waals surface area (Å²) in [6.45, 7) is 11.5. The molecule has 7 nitrogen and oxygen atoms in total. The Morgan fingerprint density at radius 1 is 1.04 bits per heavy atom. The van der Waals surface area contributed by atoms with Gasteiger partial charge in [0.15, 0.2) is 0 Å². The minimum Gasteiger partial charge on any atom is -0.348 e. The maximum atomic E-state index is 12.9. The molecule has 2 heterocycles. The molecule has 28 heavy (non-hydrogen) atoms. The SMILES string of the molecule is Cc1ccc(C(C)NC(=O)Cn2nc(C)c3c(c(C)nn3C(C)C)c2=O)cc1. The predicted molar refractivity (Wildman–Crippen MR) is 109 cm³/mol. The Balaban J connectivity index is 1.87. The van der Waals surface area contributed by atoms with Gasteiger partial charge in [-0.25, -0.2) is 4.68 Å². The third-order valence-electron chi connectivity index (χ3n) is 4.88. The van der Waals surface area contributed by atoms with Crippen LogP contribution in [0.15, 0.2) is 29.1 Å². The van der Waals surface area contributed by atoms with Gasteiger partial charge in [0.1, 0.15) is 6.54 Å². The summed E-state index contributed by atoms with van der Waals surface area (Å²) in [6, 6.07) is 7.96. The van der Waals surface area contributed by atoms with Crippen molar-refractivity contribution in [1.29, 1.82) is 0 Å². The van der Waals surface area contributed by atoms with E-state index < -0.39 is 0 Å². The molecule has 1 amide bonds. The fourth-order valence-electron chi connectivity index (χ4n) is 3.40. The van der Waals surface area contributed by atoms with Crippen molar-refractivity contribution in [3.63, 3.8) is 0 Å². The minimum atomic E-state index is -0.289. The summed E-state index contributed by atoms with van der Waals surface area (Å²) >= 11 is 0. The van der Waals surface area contributed by atoms with Crippen molar-refractivity contribution in [2.24, 2.45) is 0 Å². The molecule has 0 aliphatic heterocycles. The summed E-state index contributed by atoms with van der Waals surface area (Å²) in [4.78, 5) is 25.5. The first-order valence-electron chi connectivity index (χ1n) is 9.51. The van der Waals surface area contributed by atoms with Crippen LogP contribution in [0.25, 0.3) is 10.9 Å². The lowest BCUT2D eigenvalue weighted by Crippen LogP contribution is -2.35. The van der Waals surface area contributed by atoms with Gasteiger partial charge in [0, 0.05) is 6.04 Å². The van der Waals surface area contributed by atoms with Gasteiger partial charge < -0.3 is 5.32 Å². The molecule has 3 aromatic rings. The average molecular weight is 381 g/mol. The van der Waals surface area contributed by atoms with E-state index in [-0.39, 0.29) is 30.1 Å². The van der Waals surface area contributed by atoms with Gasteiger partial charge in [0.2, 0.25) is 5.91 Å². The molecule has 0 saturated carbocycles. The second kappa shape index (κ2) is 7.58. The number of fused-ring (bicyclic) bond motifs is 1. The molecule has 0 bridgehead atoms. The lowest BCUT2D eigenvalue weighted by Gasteiger charge is -2.15. The molecule has 2 aromatic heterocycles. The van der Waals surface area contributed by atoms with E-state index in [1.165, 1.54) is 10.2 Å². The Labute approximate surface area is 164 Å². The standard InChI is InChI=1S/C21H27N5O2/c1-12(2)26-20-16(6)23-25(21(28)19(20)15(5)24-26)11-18(27)22-14(4)17-9-7-13(3)8-10-17/h7-10,12,14H,11H2,1-6H3,(H,22,27). The van der Waals surface area contributed by atoms with Crippen LogP contribution < -0.4 is 10.9 Å². The van der Waals surface area contributed by atoms with Crippen molar-refractivity contribution < 1.29 is 4.79 Å². The molecule has 1 unspecified atom stereocenters. The molecule has 148 valence electrons. The normalized spacial score (nSPS) is 12.5. The highest BCUT2D eigenvalue weighted by Crippen LogP contribution is 2.20. The Morgan fingerprint density at radius 3 is 2.29 bits per heavy atom. The molecule has 0 saturated heterocycles. The topological polar surface area (TPSA) is 81.8 Å². The van der Waals surface area contributed by atoms with E-state index in [0.29, 0.717) is 16.8 Å². The number of nitrogens with zero attached hydrogens (tertiary/aromatic N) is 4. The van der Waals surface area contributed by atoms with Crippen LogP contribution in [0.1, 0.15) is 55.4 Å². The molecular formula is C21H27N5O2. The van der Waals surface area contributed by atoms with Crippen molar-refractivity contribution >= 4 is 16.8 Å². The van der Waals surface area contributed by atoms with Gasteiger partial charge in [-0.3, -0.25) is 14.3 Å². The Kier molecular flexibility index (Phi) is 5.36. The van der Waals surface area contributed by atoms with Crippen LogP contribution in [0.3, 0.4) is 0 Å². The third kappa shape index (κ3) is 3.69. The van der Waals surface area contributed by atoms with E-state index >= 15 is 0 Å². The highest BCUT2D eigenvalue weighted by molar-refractivity contribution is 5.83. The lowest BCUT2D eigenvalue weighted by molar-refractivity contribution is -0.122.